The van der Waals surface area contributed by atoms with Gasteiger partial charge in [-0.05, 0) is 42.0 Å². The van der Waals surface area contributed by atoms with Crippen LogP contribution in [0.5, 0.6) is 11.6 Å². The second kappa shape index (κ2) is 11.2. The third-order valence-corrected chi connectivity index (χ3v) is 4.32. The van der Waals surface area contributed by atoms with Gasteiger partial charge in [0.05, 0.1) is 18.5 Å². The zero-order chi connectivity index (χ0) is 22.1. The standard InChI is InChI=1S/C23H31N3O4/c1-6-20(26-23(28)29-14-15(2)3)22(27)25-18-10-11-21(24-13-18)30-19-9-7-8-17(12-19)16(4)5/h7-13,15-16,20H,6,14H2,1-5H3,(H,25,27)(H,26,28)/t20-/m1/s1. The van der Waals surface area contributed by atoms with Crippen LogP contribution in [0, 0.1) is 5.92 Å². The Balaban J connectivity index is 1.93. The third-order valence-electron chi connectivity index (χ3n) is 4.32. The molecule has 2 aromatic rings. The number of pyridine rings is 1. The summed E-state index contributed by atoms with van der Waals surface area (Å²) in [6.45, 7) is 10.2. The summed E-state index contributed by atoms with van der Waals surface area (Å²) in [4.78, 5) is 28.5. The largest absolute Gasteiger partial charge is 0.449 e. The highest BCUT2D eigenvalue weighted by molar-refractivity contribution is 5.96. The minimum Gasteiger partial charge on any atom is -0.449 e. The maximum Gasteiger partial charge on any atom is 0.407 e. The number of nitrogens with one attached hydrogen (secondary N) is 2. The predicted octanol–water partition coefficient (Wildman–Crippen LogP) is 5.10. The van der Waals surface area contributed by atoms with Gasteiger partial charge in [0.25, 0.3) is 0 Å². The minimum atomic E-state index is -0.695. The van der Waals surface area contributed by atoms with Gasteiger partial charge in [0.1, 0.15) is 11.8 Å². The molecule has 2 amide bonds. The van der Waals surface area contributed by atoms with Gasteiger partial charge in [0, 0.05) is 6.07 Å². The monoisotopic (exact) mass is 413 g/mol. The first-order chi connectivity index (χ1) is 14.3. The predicted molar refractivity (Wildman–Crippen MR) is 117 cm³/mol. The van der Waals surface area contributed by atoms with Crippen molar-refractivity contribution in [1.29, 1.82) is 0 Å². The highest BCUT2D eigenvalue weighted by atomic mass is 16.5. The number of aromatic nitrogens is 1. The van der Waals surface area contributed by atoms with Crippen LogP contribution in [-0.4, -0.2) is 29.6 Å². The maximum atomic E-state index is 12.5. The third kappa shape index (κ3) is 7.39. The Morgan fingerprint density at radius 3 is 2.47 bits per heavy atom. The van der Waals surface area contributed by atoms with Gasteiger partial charge >= 0.3 is 6.09 Å². The first-order valence-electron chi connectivity index (χ1n) is 10.3. The number of amides is 2. The van der Waals surface area contributed by atoms with Crippen molar-refractivity contribution >= 4 is 17.7 Å². The Morgan fingerprint density at radius 2 is 1.87 bits per heavy atom. The van der Waals surface area contributed by atoms with Crippen LogP contribution in [0.3, 0.4) is 0 Å². The van der Waals surface area contributed by atoms with Crippen LogP contribution < -0.4 is 15.4 Å². The minimum absolute atomic E-state index is 0.226. The summed E-state index contributed by atoms with van der Waals surface area (Å²) < 4.78 is 10.9. The first-order valence-corrected chi connectivity index (χ1v) is 10.3. The molecule has 2 rings (SSSR count). The second-order valence-electron chi connectivity index (χ2n) is 7.80. The van der Waals surface area contributed by atoms with Crippen LogP contribution in [-0.2, 0) is 9.53 Å². The summed E-state index contributed by atoms with van der Waals surface area (Å²) in [5.41, 5.74) is 1.69. The topological polar surface area (TPSA) is 89.5 Å². The lowest BCUT2D eigenvalue weighted by Gasteiger charge is -2.17. The van der Waals surface area contributed by atoms with E-state index < -0.39 is 12.1 Å². The van der Waals surface area contributed by atoms with Crippen LogP contribution in [0.4, 0.5) is 10.5 Å². The Kier molecular flexibility index (Phi) is 8.65. The van der Waals surface area contributed by atoms with Crippen LogP contribution in [0.25, 0.3) is 0 Å². The molecule has 1 aromatic heterocycles. The van der Waals surface area contributed by atoms with E-state index in [0.29, 0.717) is 36.3 Å². The highest BCUT2D eigenvalue weighted by Crippen LogP contribution is 2.24. The summed E-state index contributed by atoms with van der Waals surface area (Å²) in [6, 6.07) is 10.6. The fourth-order valence-corrected chi connectivity index (χ4v) is 2.58. The lowest BCUT2D eigenvalue weighted by atomic mass is 10.0. The van der Waals surface area contributed by atoms with Crippen molar-refractivity contribution in [3.63, 3.8) is 0 Å². The van der Waals surface area contributed by atoms with Crippen molar-refractivity contribution in [3.8, 4) is 11.6 Å². The lowest BCUT2D eigenvalue weighted by molar-refractivity contribution is -0.118. The van der Waals surface area contributed by atoms with Gasteiger partial charge in [-0.25, -0.2) is 9.78 Å². The van der Waals surface area contributed by atoms with Crippen LogP contribution >= 0.6 is 0 Å². The Labute approximate surface area is 178 Å². The molecule has 0 spiro atoms. The fourth-order valence-electron chi connectivity index (χ4n) is 2.58. The molecule has 0 aliphatic rings. The number of rotatable bonds is 9. The molecule has 1 heterocycles. The number of anilines is 1. The van der Waals surface area contributed by atoms with Gasteiger partial charge in [0.2, 0.25) is 11.8 Å². The molecular weight excluding hydrogens is 382 g/mol. The highest BCUT2D eigenvalue weighted by Gasteiger charge is 2.20. The molecule has 0 aliphatic heterocycles. The molecule has 0 aliphatic carbocycles. The van der Waals surface area contributed by atoms with Crippen LogP contribution in [0.1, 0.15) is 52.5 Å². The molecule has 0 fully saturated rings. The average Bonchev–Trinajstić information content (AvgIpc) is 2.72. The number of carbonyl (C=O) groups is 2. The molecule has 1 atom stereocenters. The molecule has 0 radical (unpaired) electrons. The molecule has 2 N–H and O–H groups in total. The van der Waals surface area contributed by atoms with E-state index in [9.17, 15) is 9.59 Å². The molecule has 0 saturated heterocycles. The van der Waals surface area contributed by atoms with Gasteiger partial charge in [-0.1, -0.05) is 46.8 Å². The van der Waals surface area contributed by atoms with E-state index in [2.05, 4.69) is 35.5 Å². The van der Waals surface area contributed by atoms with Crippen molar-refractivity contribution < 1.29 is 19.1 Å². The Morgan fingerprint density at radius 1 is 1.10 bits per heavy atom. The smallest absolute Gasteiger partial charge is 0.407 e. The normalized spacial score (nSPS) is 11.8. The van der Waals surface area contributed by atoms with E-state index in [-0.39, 0.29) is 11.8 Å². The van der Waals surface area contributed by atoms with E-state index in [4.69, 9.17) is 9.47 Å². The number of benzene rings is 1. The summed E-state index contributed by atoms with van der Waals surface area (Å²) in [6.07, 6.45) is 1.35. The maximum absolute atomic E-state index is 12.5. The lowest BCUT2D eigenvalue weighted by Crippen LogP contribution is -2.43. The first kappa shape index (κ1) is 23.2. The molecule has 30 heavy (non-hydrogen) atoms. The van der Waals surface area contributed by atoms with Crippen molar-refractivity contribution in [2.75, 3.05) is 11.9 Å². The number of nitrogens with zero attached hydrogens (tertiary/aromatic N) is 1. The van der Waals surface area contributed by atoms with E-state index in [1.807, 2.05) is 39.0 Å². The fraction of sp³-hybridized carbons (Fsp3) is 0.435. The van der Waals surface area contributed by atoms with Crippen LogP contribution in [0.2, 0.25) is 0 Å². The molecule has 0 unspecified atom stereocenters. The van der Waals surface area contributed by atoms with E-state index >= 15 is 0 Å². The van der Waals surface area contributed by atoms with Crippen molar-refractivity contribution in [3.05, 3.63) is 48.2 Å². The summed E-state index contributed by atoms with van der Waals surface area (Å²) in [7, 11) is 0. The number of hydrogen-bond donors (Lipinski definition) is 2. The number of ether oxygens (including phenoxy) is 2. The second-order valence-corrected chi connectivity index (χ2v) is 7.80. The molecule has 0 bridgehead atoms. The molecule has 162 valence electrons. The van der Waals surface area contributed by atoms with Gasteiger partial charge < -0.3 is 20.1 Å². The molecule has 0 saturated carbocycles. The van der Waals surface area contributed by atoms with E-state index in [1.165, 1.54) is 11.8 Å². The number of alkyl carbamates (subject to hydrolysis) is 1. The summed E-state index contributed by atoms with van der Waals surface area (Å²) >= 11 is 0. The molecule has 7 nitrogen and oxygen atoms in total. The van der Waals surface area contributed by atoms with E-state index in [0.717, 1.165) is 0 Å². The summed E-state index contributed by atoms with van der Waals surface area (Å²) in [5.74, 6) is 1.43. The van der Waals surface area contributed by atoms with Gasteiger partial charge in [-0.3, -0.25) is 4.79 Å². The van der Waals surface area contributed by atoms with E-state index in [1.54, 1.807) is 12.1 Å². The summed E-state index contributed by atoms with van der Waals surface area (Å²) in [5, 5.41) is 5.33. The molecular formula is C23H31N3O4. The molecule has 7 heteroatoms. The zero-order valence-electron chi connectivity index (χ0n) is 18.3. The van der Waals surface area contributed by atoms with Gasteiger partial charge in [-0.2, -0.15) is 0 Å². The van der Waals surface area contributed by atoms with Crippen molar-refractivity contribution in [2.24, 2.45) is 5.92 Å². The molecule has 1 aromatic carbocycles. The van der Waals surface area contributed by atoms with Gasteiger partial charge in [-0.15, -0.1) is 0 Å². The SMILES string of the molecule is CC[C@@H](NC(=O)OCC(C)C)C(=O)Nc1ccc(Oc2cccc(C(C)C)c2)nc1. The van der Waals surface area contributed by atoms with Crippen molar-refractivity contribution in [2.45, 2.75) is 53.0 Å². The van der Waals surface area contributed by atoms with Crippen LogP contribution in [0.15, 0.2) is 42.6 Å². The number of carbonyl (C=O) groups excluding carboxylic acids is 2. The number of hydrogen-bond acceptors (Lipinski definition) is 5. The Bertz CT molecular complexity index is 835. The zero-order valence-corrected chi connectivity index (χ0v) is 18.3. The average molecular weight is 414 g/mol. The Hall–Kier alpha value is -3.09. The van der Waals surface area contributed by atoms with Crippen molar-refractivity contribution in [1.82, 2.24) is 10.3 Å². The van der Waals surface area contributed by atoms with Gasteiger partial charge in [0.15, 0.2) is 0 Å². The quantitative estimate of drug-likeness (QED) is 0.597.